The normalized spacial score (nSPS) is 17.8. The number of halogens is 10. The highest BCUT2D eigenvalue weighted by atomic mass is 79.9. The second-order valence-electron chi connectivity index (χ2n) is 8.13. The maximum Gasteiger partial charge on any atom is 0.399 e. The number of benzene rings is 2. The Hall–Kier alpha value is -1.42. The van der Waals surface area contributed by atoms with E-state index in [1.165, 1.54) is 6.07 Å². The number of hydrogen-bond donors (Lipinski definition) is 1. The molecule has 1 N–H and O–H groups in total. The number of carbonyl (C=O) groups is 1. The maximum atomic E-state index is 14.9. The average Bonchev–Trinajstić information content (AvgIpc) is 2.75. The van der Waals surface area contributed by atoms with Crippen molar-refractivity contribution in [3.63, 3.8) is 0 Å². The molecule has 0 aromatic heterocycles. The van der Waals surface area contributed by atoms with E-state index < -0.39 is 41.4 Å². The van der Waals surface area contributed by atoms with Gasteiger partial charge in [0.2, 0.25) is 5.92 Å². The average molecular weight is 624 g/mol. The zero-order valence-corrected chi connectivity index (χ0v) is 21.5. The van der Waals surface area contributed by atoms with Crippen LogP contribution in [0.15, 0.2) is 40.9 Å². The summed E-state index contributed by atoms with van der Waals surface area (Å²) in [7, 11) is 0. The Bertz CT molecular complexity index is 1120. The summed E-state index contributed by atoms with van der Waals surface area (Å²) >= 11 is 20.6. The minimum absolute atomic E-state index is 0.0857. The smallest absolute Gasteiger partial charge is 0.349 e. The maximum absolute atomic E-state index is 14.9. The van der Waals surface area contributed by atoms with Crippen LogP contribution in [0.25, 0.3) is 5.83 Å². The third kappa shape index (κ3) is 7.08. The quantitative estimate of drug-likeness (QED) is 0.261. The van der Waals surface area contributed by atoms with Crippen LogP contribution >= 0.6 is 50.7 Å². The molecule has 0 saturated heterocycles. The molecular weight excluding hydrogens is 607 g/mol. The van der Waals surface area contributed by atoms with Crippen molar-refractivity contribution in [1.82, 2.24) is 5.32 Å². The summed E-state index contributed by atoms with van der Waals surface area (Å²) in [6.45, 7) is 0. The van der Waals surface area contributed by atoms with Crippen molar-refractivity contribution in [2.45, 2.75) is 49.7 Å². The third-order valence-corrected chi connectivity index (χ3v) is 7.43. The number of rotatable bonds is 5. The molecule has 2 aromatic carbocycles. The van der Waals surface area contributed by atoms with Crippen LogP contribution in [0.5, 0.6) is 0 Å². The van der Waals surface area contributed by atoms with Gasteiger partial charge in [0.1, 0.15) is 11.7 Å². The standard InChI is InChI=1S/C23H17BrCl3F6NO/c24-16-7-11(1-2-14(16)21(35)34-13-3-5-22(29,30)6-4-13)19(28)10-15(23(31,32)33)12-8-17(25)20(27)18(26)9-12/h1-2,7-10,13,15H,3-6H2,(H,34,35). The lowest BCUT2D eigenvalue weighted by molar-refractivity contribution is -0.139. The molecule has 1 fully saturated rings. The van der Waals surface area contributed by atoms with Crippen molar-refractivity contribution < 1.29 is 31.1 Å². The Labute approximate surface area is 220 Å². The summed E-state index contributed by atoms with van der Waals surface area (Å²) in [5, 5.41) is 2.11. The van der Waals surface area contributed by atoms with Crippen molar-refractivity contribution in [1.29, 1.82) is 0 Å². The van der Waals surface area contributed by atoms with E-state index in [9.17, 15) is 31.1 Å². The van der Waals surface area contributed by atoms with Gasteiger partial charge in [-0.1, -0.05) is 40.9 Å². The van der Waals surface area contributed by atoms with Crippen molar-refractivity contribution in [3.8, 4) is 0 Å². The Morgan fingerprint density at radius 2 is 1.66 bits per heavy atom. The minimum Gasteiger partial charge on any atom is -0.349 e. The molecule has 1 aliphatic carbocycles. The molecule has 1 aliphatic rings. The van der Waals surface area contributed by atoms with Gasteiger partial charge in [-0.2, -0.15) is 13.2 Å². The molecule has 0 aliphatic heterocycles. The van der Waals surface area contributed by atoms with Gasteiger partial charge in [-0.3, -0.25) is 4.79 Å². The highest BCUT2D eigenvalue weighted by Crippen LogP contribution is 2.42. The zero-order chi connectivity index (χ0) is 26.1. The molecule has 3 rings (SSSR count). The second-order valence-corrected chi connectivity index (χ2v) is 10.2. The fourth-order valence-electron chi connectivity index (χ4n) is 3.67. The molecule has 35 heavy (non-hydrogen) atoms. The van der Waals surface area contributed by atoms with Crippen LogP contribution in [0.2, 0.25) is 15.1 Å². The van der Waals surface area contributed by atoms with Crippen molar-refractivity contribution in [2.24, 2.45) is 0 Å². The predicted molar refractivity (Wildman–Crippen MR) is 128 cm³/mol. The first-order valence-corrected chi connectivity index (χ1v) is 12.2. The fraction of sp³-hybridized carbons (Fsp3) is 0.348. The van der Waals surface area contributed by atoms with E-state index in [2.05, 4.69) is 21.2 Å². The number of amides is 1. The fourth-order valence-corrected chi connectivity index (χ4v) is 4.84. The van der Waals surface area contributed by atoms with Gasteiger partial charge in [-0.25, -0.2) is 13.2 Å². The van der Waals surface area contributed by atoms with Crippen LogP contribution in [0.1, 0.15) is 53.1 Å². The summed E-state index contributed by atoms with van der Waals surface area (Å²) in [6, 6.07) is 5.03. The molecule has 1 saturated carbocycles. The van der Waals surface area contributed by atoms with Gasteiger partial charge in [-0.05, 0) is 64.7 Å². The third-order valence-electron chi connectivity index (χ3n) is 5.57. The van der Waals surface area contributed by atoms with E-state index in [1.807, 2.05) is 0 Å². The van der Waals surface area contributed by atoms with E-state index in [4.69, 9.17) is 34.8 Å². The van der Waals surface area contributed by atoms with Gasteiger partial charge in [0.05, 0.1) is 20.6 Å². The lowest BCUT2D eigenvalue weighted by atomic mass is 9.92. The first-order chi connectivity index (χ1) is 16.2. The number of alkyl halides is 5. The lowest BCUT2D eigenvalue weighted by Gasteiger charge is -2.28. The van der Waals surface area contributed by atoms with Crippen molar-refractivity contribution in [3.05, 3.63) is 72.6 Å². The molecule has 0 heterocycles. The summed E-state index contributed by atoms with van der Waals surface area (Å²) in [5.74, 6) is -6.89. The number of allylic oxidation sites excluding steroid dienone is 1. The van der Waals surface area contributed by atoms with Gasteiger partial charge >= 0.3 is 6.18 Å². The number of carbonyl (C=O) groups excluding carboxylic acids is 1. The number of hydrogen-bond acceptors (Lipinski definition) is 1. The van der Waals surface area contributed by atoms with Crippen LogP contribution in [0, 0.1) is 0 Å². The molecule has 1 amide bonds. The van der Waals surface area contributed by atoms with E-state index in [0.29, 0.717) is 6.08 Å². The van der Waals surface area contributed by atoms with Crippen molar-refractivity contribution in [2.75, 3.05) is 0 Å². The minimum atomic E-state index is -4.87. The zero-order valence-electron chi connectivity index (χ0n) is 17.6. The number of nitrogens with one attached hydrogen (secondary N) is 1. The van der Waals surface area contributed by atoms with Crippen LogP contribution in [-0.2, 0) is 0 Å². The molecule has 0 bridgehead atoms. The Balaban J connectivity index is 1.83. The molecule has 2 aromatic rings. The van der Waals surface area contributed by atoms with Gasteiger partial charge in [0.25, 0.3) is 5.91 Å². The van der Waals surface area contributed by atoms with Gasteiger partial charge in [0, 0.05) is 28.9 Å². The molecule has 190 valence electrons. The molecule has 1 atom stereocenters. The van der Waals surface area contributed by atoms with Crippen LogP contribution in [-0.4, -0.2) is 24.0 Å². The first kappa shape index (κ1) is 28.2. The van der Waals surface area contributed by atoms with Crippen LogP contribution in [0.3, 0.4) is 0 Å². The largest absolute Gasteiger partial charge is 0.399 e. The van der Waals surface area contributed by atoms with E-state index >= 15 is 0 Å². The van der Waals surface area contributed by atoms with Gasteiger partial charge in [0.15, 0.2) is 0 Å². The van der Waals surface area contributed by atoms with E-state index in [1.54, 1.807) is 0 Å². The van der Waals surface area contributed by atoms with Crippen LogP contribution < -0.4 is 5.32 Å². The summed E-state index contributed by atoms with van der Waals surface area (Å²) in [4.78, 5) is 12.5. The summed E-state index contributed by atoms with van der Waals surface area (Å²) in [5.41, 5.74) is -0.533. The highest BCUT2D eigenvalue weighted by Gasteiger charge is 2.40. The van der Waals surface area contributed by atoms with Gasteiger partial charge < -0.3 is 5.32 Å². The second kappa shape index (κ2) is 10.9. The summed E-state index contributed by atoms with van der Waals surface area (Å²) < 4.78 is 82.8. The topological polar surface area (TPSA) is 29.1 Å². The monoisotopic (exact) mass is 621 g/mol. The molecule has 2 nitrogen and oxygen atoms in total. The van der Waals surface area contributed by atoms with Crippen molar-refractivity contribution >= 4 is 62.5 Å². The summed E-state index contributed by atoms with van der Waals surface area (Å²) in [6.07, 6.45) is -4.94. The molecule has 0 spiro atoms. The SMILES string of the molecule is O=C(NC1CCC(F)(F)CC1)c1ccc(C(F)=CC(c2cc(Cl)c(Cl)c(Cl)c2)C(F)(F)F)cc1Br. The lowest BCUT2D eigenvalue weighted by Crippen LogP contribution is -2.40. The Kier molecular flexibility index (Phi) is 8.77. The Morgan fingerprint density at radius 1 is 1.09 bits per heavy atom. The van der Waals surface area contributed by atoms with E-state index in [0.717, 1.165) is 24.3 Å². The van der Waals surface area contributed by atoms with Crippen LogP contribution in [0.4, 0.5) is 26.3 Å². The first-order valence-electron chi connectivity index (χ1n) is 10.2. The molecular formula is C23H17BrCl3F6NO. The Morgan fingerprint density at radius 3 is 2.17 bits per heavy atom. The van der Waals surface area contributed by atoms with E-state index in [-0.39, 0.29) is 56.4 Å². The predicted octanol–water partition coefficient (Wildman–Crippen LogP) is 9.37. The highest BCUT2D eigenvalue weighted by molar-refractivity contribution is 9.10. The van der Waals surface area contributed by atoms with Gasteiger partial charge in [-0.15, -0.1) is 0 Å². The molecule has 1 unspecified atom stereocenters. The molecule has 0 radical (unpaired) electrons. The molecule has 12 heteroatoms.